The highest BCUT2D eigenvalue weighted by atomic mass is 19.4. The molecule has 0 spiro atoms. The molecule has 2 N–H and O–H groups in total. The maximum Gasteiger partial charge on any atom is 0.454 e. The fourth-order valence-corrected chi connectivity index (χ4v) is 0.182. The van der Waals surface area contributed by atoms with Gasteiger partial charge in [0.05, 0.1) is 0 Å². The Bertz CT molecular complexity index is 137. The molecule has 0 aromatic carbocycles. The second-order valence-corrected chi connectivity index (χ2v) is 1.22. The normalized spacial score (nSPS) is 12.3. The molecule has 0 radical (unpaired) electrons. The van der Waals surface area contributed by atoms with Crippen LogP contribution in [0.15, 0.2) is 12.3 Å². The molecule has 0 saturated heterocycles. The van der Waals surface area contributed by atoms with Gasteiger partial charge in [0.2, 0.25) is 0 Å². The predicted molar refractivity (Wildman–Crippen MR) is 24.4 cm³/mol. The van der Waals surface area contributed by atoms with Crippen LogP contribution in [-0.2, 0) is 4.79 Å². The molecule has 0 atom stereocenters. The minimum absolute atomic E-state index is 0.264. The Balaban J connectivity index is 4.06. The molecule has 0 unspecified atom stereocenters. The minimum atomic E-state index is -4.80. The number of nitrogens with two attached hydrogens (primary N) is 1. The Kier molecular flexibility index (Phi) is 2.24. The van der Waals surface area contributed by atoms with Crippen LogP contribution in [0.25, 0.3) is 0 Å². The Morgan fingerprint density at radius 1 is 1.44 bits per heavy atom. The maximum atomic E-state index is 11.2. The van der Waals surface area contributed by atoms with Crippen molar-refractivity contribution in [1.29, 1.82) is 0 Å². The van der Waals surface area contributed by atoms with E-state index in [4.69, 9.17) is 0 Å². The molecule has 0 rings (SSSR count). The third-order valence-corrected chi connectivity index (χ3v) is 0.527. The lowest BCUT2D eigenvalue weighted by Crippen LogP contribution is -2.20. The molecule has 0 fully saturated rings. The van der Waals surface area contributed by atoms with Gasteiger partial charge >= 0.3 is 6.18 Å². The molecule has 9 heavy (non-hydrogen) atoms. The van der Waals surface area contributed by atoms with Gasteiger partial charge in [0.15, 0.2) is 0 Å². The van der Waals surface area contributed by atoms with Gasteiger partial charge in [-0.15, -0.1) is 0 Å². The predicted octanol–water partition coefficient (Wildman–Crippen LogP) is 0.590. The van der Waals surface area contributed by atoms with Crippen LogP contribution in [0.4, 0.5) is 13.2 Å². The average molecular weight is 139 g/mol. The largest absolute Gasteiger partial charge is 0.454 e. The lowest BCUT2D eigenvalue weighted by molar-refractivity contribution is -0.165. The zero-order valence-electron chi connectivity index (χ0n) is 4.27. The summed E-state index contributed by atoms with van der Waals surface area (Å²) in [4.78, 5) is 9.77. The number of alkyl halides is 3. The number of allylic oxidation sites excluding steroid dienone is 1. The van der Waals surface area contributed by atoms with E-state index < -0.39 is 12.0 Å². The van der Waals surface area contributed by atoms with Gasteiger partial charge in [-0.3, -0.25) is 4.79 Å². The lowest BCUT2D eigenvalue weighted by atomic mass is 10.4. The van der Waals surface area contributed by atoms with Crippen LogP contribution in [-0.4, -0.2) is 12.0 Å². The van der Waals surface area contributed by atoms with Crippen LogP contribution in [0.2, 0.25) is 0 Å². The first-order chi connectivity index (χ1) is 3.98. The van der Waals surface area contributed by atoms with Crippen LogP contribution in [0.5, 0.6) is 0 Å². The van der Waals surface area contributed by atoms with Crippen LogP contribution in [0.1, 0.15) is 0 Å². The van der Waals surface area contributed by atoms with E-state index in [2.05, 4.69) is 5.73 Å². The quantitative estimate of drug-likeness (QED) is 0.540. The van der Waals surface area contributed by atoms with Gasteiger partial charge in [-0.2, -0.15) is 13.2 Å². The first-order valence-corrected chi connectivity index (χ1v) is 1.98. The molecule has 0 bridgehead atoms. The summed E-state index contributed by atoms with van der Waals surface area (Å²) in [6, 6.07) is 0. The fraction of sp³-hybridized carbons (Fsp3) is 0.250. The van der Waals surface area contributed by atoms with E-state index >= 15 is 0 Å². The summed E-state index contributed by atoms with van der Waals surface area (Å²) in [6.45, 7) is 0. The SMILES string of the molecule is N/C=C\C(=O)C(F)(F)F. The number of rotatable bonds is 1. The summed E-state index contributed by atoms with van der Waals surface area (Å²) in [6.07, 6.45) is -3.98. The molecular formula is C4H4F3NO. The first-order valence-electron chi connectivity index (χ1n) is 1.98. The van der Waals surface area contributed by atoms with Crippen molar-refractivity contribution in [2.24, 2.45) is 5.73 Å². The topological polar surface area (TPSA) is 43.1 Å². The molecule has 0 aliphatic heterocycles. The molecule has 0 heterocycles. The van der Waals surface area contributed by atoms with Crippen molar-refractivity contribution < 1.29 is 18.0 Å². The van der Waals surface area contributed by atoms with E-state index in [1.807, 2.05) is 0 Å². The van der Waals surface area contributed by atoms with Gasteiger partial charge in [-0.1, -0.05) is 0 Å². The van der Waals surface area contributed by atoms with Gasteiger partial charge in [0, 0.05) is 6.08 Å². The molecule has 0 amide bonds. The molecule has 0 aliphatic rings. The summed E-state index contributed by atoms with van der Waals surface area (Å²) < 4.78 is 33.5. The number of carbonyl (C=O) groups is 1. The van der Waals surface area contributed by atoms with Gasteiger partial charge < -0.3 is 5.73 Å². The molecule has 0 saturated carbocycles. The van der Waals surface area contributed by atoms with E-state index in [0.717, 1.165) is 0 Å². The van der Waals surface area contributed by atoms with Gasteiger partial charge in [-0.05, 0) is 6.20 Å². The summed E-state index contributed by atoms with van der Waals surface area (Å²) in [5.74, 6) is -1.94. The average Bonchev–Trinajstić information content (AvgIpc) is 1.64. The minimum Gasteiger partial charge on any atom is -0.404 e. The molecule has 0 aromatic heterocycles. The van der Waals surface area contributed by atoms with E-state index in [-0.39, 0.29) is 6.08 Å². The number of ketones is 1. The van der Waals surface area contributed by atoms with Crippen molar-refractivity contribution in [3.63, 3.8) is 0 Å². The van der Waals surface area contributed by atoms with Crippen LogP contribution in [0, 0.1) is 0 Å². The van der Waals surface area contributed by atoms with Crippen molar-refractivity contribution in [1.82, 2.24) is 0 Å². The molecule has 2 nitrogen and oxygen atoms in total. The number of halogens is 3. The van der Waals surface area contributed by atoms with Crippen molar-refractivity contribution in [2.75, 3.05) is 0 Å². The summed E-state index contributed by atoms with van der Waals surface area (Å²) in [7, 11) is 0. The van der Waals surface area contributed by atoms with Crippen LogP contribution < -0.4 is 5.73 Å². The third kappa shape index (κ3) is 2.73. The number of hydrogen-bond donors (Lipinski definition) is 1. The fourth-order valence-electron chi connectivity index (χ4n) is 0.182. The van der Waals surface area contributed by atoms with Gasteiger partial charge in [0.1, 0.15) is 0 Å². The Morgan fingerprint density at radius 3 is 2.00 bits per heavy atom. The zero-order valence-corrected chi connectivity index (χ0v) is 4.27. The second-order valence-electron chi connectivity index (χ2n) is 1.22. The van der Waals surface area contributed by atoms with Crippen LogP contribution >= 0.6 is 0 Å². The lowest BCUT2D eigenvalue weighted by Gasteiger charge is -1.97. The standard InChI is InChI=1S/C4H4F3NO/c5-4(6,7)3(9)1-2-8/h1-2H,8H2/b2-1-. The summed E-state index contributed by atoms with van der Waals surface area (Å²) in [5.41, 5.74) is 4.52. The monoisotopic (exact) mass is 139 g/mol. The van der Waals surface area contributed by atoms with Gasteiger partial charge in [0.25, 0.3) is 5.78 Å². The summed E-state index contributed by atoms with van der Waals surface area (Å²) in [5, 5.41) is 0. The third-order valence-electron chi connectivity index (χ3n) is 0.527. The van der Waals surface area contributed by atoms with Crippen molar-refractivity contribution in [3.05, 3.63) is 12.3 Å². The van der Waals surface area contributed by atoms with Crippen molar-refractivity contribution >= 4 is 5.78 Å². The van der Waals surface area contributed by atoms with E-state index in [1.165, 1.54) is 0 Å². The molecule has 5 heteroatoms. The van der Waals surface area contributed by atoms with E-state index in [0.29, 0.717) is 6.20 Å². The molecule has 52 valence electrons. The number of hydrogen-bond acceptors (Lipinski definition) is 2. The maximum absolute atomic E-state index is 11.2. The Morgan fingerprint density at radius 2 is 1.89 bits per heavy atom. The Labute approximate surface area is 49.1 Å². The van der Waals surface area contributed by atoms with Crippen molar-refractivity contribution in [2.45, 2.75) is 6.18 Å². The molecular weight excluding hydrogens is 135 g/mol. The van der Waals surface area contributed by atoms with Gasteiger partial charge in [-0.25, -0.2) is 0 Å². The second kappa shape index (κ2) is 2.52. The smallest absolute Gasteiger partial charge is 0.404 e. The highest BCUT2D eigenvalue weighted by Crippen LogP contribution is 2.15. The highest BCUT2D eigenvalue weighted by Gasteiger charge is 2.35. The van der Waals surface area contributed by atoms with E-state index in [9.17, 15) is 18.0 Å². The van der Waals surface area contributed by atoms with Crippen LogP contribution in [0.3, 0.4) is 0 Å². The summed E-state index contributed by atoms with van der Waals surface area (Å²) >= 11 is 0. The van der Waals surface area contributed by atoms with E-state index in [1.54, 1.807) is 0 Å². The molecule has 0 aromatic rings. The zero-order chi connectivity index (χ0) is 7.49. The molecule has 0 aliphatic carbocycles. The Hall–Kier alpha value is -1.00. The van der Waals surface area contributed by atoms with Crippen molar-refractivity contribution in [3.8, 4) is 0 Å². The number of carbonyl (C=O) groups excluding carboxylic acids is 1. The highest BCUT2D eigenvalue weighted by molar-refractivity contribution is 5.94. The first kappa shape index (κ1) is 8.00.